The summed E-state index contributed by atoms with van der Waals surface area (Å²) in [7, 11) is -3.75. The first-order valence-corrected chi connectivity index (χ1v) is 9.31. The van der Waals surface area contributed by atoms with Gasteiger partial charge in [-0.15, -0.1) is 0 Å². The number of aromatic nitrogens is 1. The van der Waals surface area contributed by atoms with Gasteiger partial charge in [-0.3, -0.25) is 0 Å². The molecule has 1 atom stereocenters. The Balaban J connectivity index is 1.77. The molecule has 2 heterocycles. The van der Waals surface area contributed by atoms with E-state index in [1.807, 2.05) is 0 Å². The Labute approximate surface area is 143 Å². The van der Waals surface area contributed by atoms with Crippen molar-refractivity contribution in [2.75, 3.05) is 5.75 Å². The highest BCUT2D eigenvalue weighted by molar-refractivity contribution is 7.90. The second-order valence-electron chi connectivity index (χ2n) is 5.59. The Kier molecular flexibility index (Phi) is 4.73. The van der Waals surface area contributed by atoms with E-state index in [1.54, 1.807) is 19.1 Å². The van der Waals surface area contributed by atoms with Crippen LogP contribution in [-0.4, -0.2) is 24.3 Å². The summed E-state index contributed by atoms with van der Waals surface area (Å²) >= 11 is 0. The zero-order valence-corrected chi connectivity index (χ0v) is 14.2. The maximum Gasteiger partial charge on any atom is 0.263 e. The molecule has 0 fully saturated rings. The van der Waals surface area contributed by atoms with Gasteiger partial charge in [-0.05, 0) is 25.1 Å². The summed E-state index contributed by atoms with van der Waals surface area (Å²) in [6.07, 6.45) is -0.00119. The van der Waals surface area contributed by atoms with Gasteiger partial charge < -0.3 is 13.9 Å². The van der Waals surface area contributed by atoms with Gasteiger partial charge in [-0.2, -0.15) is 0 Å². The van der Waals surface area contributed by atoms with E-state index in [9.17, 15) is 17.9 Å². The molecular formula is C17H16FNO5S. The average molecular weight is 365 g/mol. The summed E-state index contributed by atoms with van der Waals surface area (Å²) in [6, 6.07) is 8.83. The zero-order chi connectivity index (χ0) is 18.0. The highest BCUT2D eigenvalue weighted by Gasteiger charge is 2.24. The third-order valence-electron chi connectivity index (χ3n) is 3.66. The first-order valence-electron chi connectivity index (χ1n) is 7.49. The van der Waals surface area contributed by atoms with Crippen molar-refractivity contribution in [2.24, 2.45) is 0 Å². The Morgan fingerprint density at radius 1 is 1.24 bits per heavy atom. The van der Waals surface area contributed by atoms with Crippen molar-refractivity contribution in [2.45, 2.75) is 18.8 Å². The highest BCUT2D eigenvalue weighted by Crippen LogP contribution is 2.25. The van der Waals surface area contributed by atoms with Crippen LogP contribution in [0.5, 0.6) is 0 Å². The Bertz CT molecular complexity index is 963. The lowest BCUT2D eigenvalue weighted by Gasteiger charge is -2.12. The number of hydrogen-bond acceptors (Lipinski definition) is 6. The van der Waals surface area contributed by atoms with Gasteiger partial charge in [0.1, 0.15) is 11.6 Å². The van der Waals surface area contributed by atoms with Crippen LogP contribution in [0.4, 0.5) is 4.39 Å². The first kappa shape index (κ1) is 17.4. The third-order valence-corrected chi connectivity index (χ3v) is 5.19. The van der Waals surface area contributed by atoms with E-state index in [1.165, 1.54) is 30.5 Å². The number of benzene rings is 1. The number of rotatable bonds is 6. The number of sulfone groups is 1. The van der Waals surface area contributed by atoms with E-state index in [2.05, 4.69) is 4.98 Å². The van der Waals surface area contributed by atoms with Gasteiger partial charge >= 0.3 is 0 Å². The van der Waals surface area contributed by atoms with E-state index >= 15 is 0 Å². The predicted molar refractivity (Wildman–Crippen MR) is 87.8 cm³/mol. The molecule has 132 valence electrons. The van der Waals surface area contributed by atoms with Crippen LogP contribution in [0.2, 0.25) is 0 Å². The minimum Gasteiger partial charge on any atom is -0.459 e. The summed E-state index contributed by atoms with van der Waals surface area (Å²) in [5, 5.41) is 10.1. The molecule has 0 aliphatic rings. The molecule has 1 aromatic carbocycles. The lowest BCUT2D eigenvalue weighted by molar-refractivity contribution is 0.196. The topological polar surface area (TPSA) is 93.5 Å². The van der Waals surface area contributed by atoms with Gasteiger partial charge in [-0.1, -0.05) is 18.2 Å². The molecule has 8 heteroatoms. The second-order valence-corrected chi connectivity index (χ2v) is 7.70. The number of aliphatic hydroxyl groups is 1. The van der Waals surface area contributed by atoms with E-state index in [-0.39, 0.29) is 17.1 Å². The predicted octanol–water partition coefficient (Wildman–Crippen LogP) is 3.03. The molecule has 0 saturated heterocycles. The van der Waals surface area contributed by atoms with Crippen LogP contribution in [0, 0.1) is 12.7 Å². The van der Waals surface area contributed by atoms with Crippen molar-refractivity contribution in [1.82, 2.24) is 4.98 Å². The zero-order valence-electron chi connectivity index (χ0n) is 13.3. The van der Waals surface area contributed by atoms with Gasteiger partial charge in [0.15, 0.2) is 15.6 Å². The summed E-state index contributed by atoms with van der Waals surface area (Å²) in [5.74, 6) is -0.774. The Morgan fingerprint density at radius 3 is 2.68 bits per heavy atom. The molecule has 0 aliphatic carbocycles. The summed E-state index contributed by atoms with van der Waals surface area (Å²) in [4.78, 5) is 4.14. The Morgan fingerprint density at radius 2 is 2.00 bits per heavy atom. The number of aliphatic hydroxyl groups excluding tert-OH is 1. The molecule has 0 spiro atoms. The third kappa shape index (κ3) is 3.97. The van der Waals surface area contributed by atoms with Crippen molar-refractivity contribution in [3.63, 3.8) is 0 Å². The summed E-state index contributed by atoms with van der Waals surface area (Å²) < 4.78 is 49.0. The average Bonchev–Trinajstić information content (AvgIpc) is 3.17. The SMILES string of the molecule is Cc1oc(-c2ccco2)nc1CS(=O)(=O)CC(O)c1ccccc1F. The van der Waals surface area contributed by atoms with Gasteiger partial charge in [-0.25, -0.2) is 17.8 Å². The minimum atomic E-state index is -3.75. The lowest BCUT2D eigenvalue weighted by Crippen LogP contribution is -2.17. The van der Waals surface area contributed by atoms with Gasteiger partial charge in [0, 0.05) is 5.56 Å². The van der Waals surface area contributed by atoms with Crippen LogP contribution in [-0.2, 0) is 15.6 Å². The standard InChI is InChI=1S/C17H16FNO5S/c1-11-14(19-17(24-11)16-7-4-8-23-16)9-25(21,22)10-15(20)12-5-2-3-6-13(12)18/h2-8,15,20H,9-10H2,1H3. The van der Waals surface area contributed by atoms with Crippen LogP contribution in [0.1, 0.15) is 23.1 Å². The maximum absolute atomic E-state index is 13.7. The molecule has 2 aromatic heterocycles. The van der Waals surface area contributed by atoms with Crippen molar-refractivity contribution < 1.29 is 26.7 Å². The maximum atomic E-state index is 13.7. The van der Waals surface area contributed by atoms with Crippen molar-refractivity contribution in [3.8, 4) is 11.7 Å². The fraction of sp³-hybridized carbons (Fsp3) is 0.235. The first-order chi connectivity index (χ1) is 11.9. The number of nitrogens with zero attached hydrogens (tertiary/aromatic N) is 1. The molecule has 0 saturated carbocycles. The normalized spacial score (nSPS) is 13.1. The quantitative estimate of drug-likeness (QED) is 0.722. The van der Waals surface area contributed by atoms with E-state index < -0.39 is 33.3 Å². The number of hydrogen-bond donors (Lipinski definition) is 1. The molecule has 25 heavy (non-hydrogen) atoms. The van der Waals surface area contributed by atoms with Crippen molar-refractivity contribution in [3.05, 3.63) is 65.5 Å². The lowest BCUT2D eigenvalue weighted by atomic mass is 10.1. The van der Waals surface area contributed by atoms with Gasteiger partial charge in [0.25, 0.3) is 5.89 Å². The molecule has 0 aliphatic heterocycles. The second kappa shape index (κ2) is 6.81. The van der Waals surface area contributed by atoms with Crippen LogP contribution in [0.3, 0.4) is 0 Å². The van der Waals surface area contributed by atoms with E-state index in [0.717, 1.165) is 0 Å². The molecule has 0 radical (unpaired) electrons. The summed E-state index contributed by atoms with van der Waals surface area (Å²) in [5.41, 5.74) is 0.173. The molecule has 0 amide bonds. The smallest absolute Gasteiger partial charge is 0.263 e. The molecule has 3 rings (SSSR count). The van der Waals surface area contributed by atoms with E-state index in [0.29, 0.717) is 11.5 Å². The number of oxazole rings is 1. The monoisotopic (exact) mass is 365 g/mol. The minimum absolute atomic E-state index is 0.0563. The highest BCUT2D eigenvalue weighted by atomic mass is 32.2. The van der Waals surface area contributed by atoms with Crippen LogP contribution < -0.4 is 0 Å². The number of halogens is 1. The summed E-state index contributed by atoms with van der Waals surface area (Å²) in [6.45, 7) is 1.59. The molecule has 0 bridgehead atoms. The molecule has 1 unspecified atom stereocenters. The van der Waals surface area contributed by atoms with Crippen LogP contribution in [0.15, 0.2) is 51.5 Å². The number of furan rings is 1. The number of aryl methyl sites for hydroxylation is 1. The van der Waals surface area contributed by atoms with Crippen LogP contribution in [0.25, 0.3) is 11.7 Å². The van der Waals surface area contributed by atoms with Crippen LogP contribution >= 0.6 is 0 Å². The molecule has 3 aromatic rings. The molecule has 6 nitrogen and oxygen atoms in total. The van der Waals surface area contributed by atoms with Crippen molar-refractivity contribution in [1.29, 1.82) is 0 Å². The molecule has 1 N–H and O–H groups in total. The molecular weight excluding hydrogens is 349 g/mol. The van der Waals surface area contributed by atoms with Gasteiger partial charge in [0.05, 0.1) is 29.6 Å². The largest absolute Gasteiger partial charge is 0.459 e. The fourth-order valence-corrected chi connectivity index (χ4v) is 3.87. The Hall–Kier alpha value is -2.45. The van der Waals surface area contributed by atoms with Gasteiger partial charge in [0.2, 0.25) is 0 Å². The van der Waals surface area contributed by atoms with E-state index in [4.69, 9.17) is 8.83 Å². The fourth-order valence-electron chi connectivity index (χ4n) is 2.41. The van der Waals surface area contributed by atoms with Crippen molar-refractivity contribution >= 4 is 9.84 Å².